The molecule has 2 rings (SSSR count). The van der Waals surface area contributed by atoms with Crippen LogP contribution >= 0.6 is 0 Å². The quantitative estimate of drug-likeness (QED) is 0.728. The summed E-state index contributed by atoms with van der Waals surface area (Å²) in [5.74, 6) is 0. The van der Waals surface area contributed by atoms with Crippen molar-refractivity contribution in [2.24, 2.45) is 4.99 Å². The molecule has 0 radical (unpaired) electrons. The maximum absolute atomic E-state index is 4.43. The van der Waals surface area contributed by atoms with Crippen LogP contribution in [0.3, 0.4) is 0 Å². The molecule has 0 atom stereocenters. The fraction of sp³-hybridized carbons (Fsp3) is 0.133. The van der Waals surface area contributed by atoms with Crippen LogP contribution in [0.1, 0.15) is 5.56 Å². The molecule has 17 heavy (non-hydrogen) atoms. The molecule has 0 saturated carbocycles. The highest BCUT2D eigenvalue weighted by molar-refractivity contribution is 5.81. The number of benzene rings is 2. The van der Waals surface area contributed by atoms with Gasteiger partial charge in [-0.05, 0) is 29.8 Å². The zero-order valence-corrected chi connectivity index (χ0v) is 10.2. The minimum atomic E-state index is 0.972. The van der Waals surface area contributed by atoms with E-state index in [9.17, 15) is 0 Å². The molecular weight excluding hydrogens is 208 g/mol. The average molecular weight is 224 g/mol. The summed E-state index contributed by atoms with van der Waals surface area (Å²) in [5, 5.41) is 0. The molecule has 0 unspecified atom stereocenters. The molecule has 2 aromatic rings. The Morgan fingerprint density at radius 1 is 0.882 bits per heavy atom. The lowest BCUT2D eigenvalue weighted by atomic mass is 10.2. The van der Waals surface area contributed by atoms with Crippen molar-refractivity contribution in [2.75, 3.05) is 19.0 Å². The van der Waals surface area contributed by atoms with E-state index in [1.165, 1.54) is 5.69 Å². The molecule has 0 aliphatic carbocycles. The predicted octanol–water partition coefficient (Wildman–Crippen LogP) is 3.50. The van der Waals surface area contributed by atoms with E-state index < -0.39 is 0 Å². The molecule has 2 nitrogen and oxygen atoms in total. The highest BCUT2D eigenvalue weighted by Crippen LogP contribution is 2.17. The zero-order valence-electron chi connectivity index (χ0n) is 10.2. The van der Waals surface area contributed by atoms with Crippen molar-refractivity contribution in [3.8, 4) is 0 Å². The summed E-state index contributed by atoms with van der Waals surface area (Å²) >= 11 is 0. The Morgan fingerprint density at radius 3 is 2.12 bits per heavy atom. The van der Waals surface area contributed by atoms with Gasteiger partial charge in [-0.1, -0.05) is 30.3 Å². The van der Waals surface area contributed by atoms with Gasteiger partial charge in [-0.3, -0.25) is 4.99 Å². The first-order chi connectivity index (χ1) is 8.25. The van der Waals surface area contributed by atoms with E-state index in [2.05, 4.69) is 22.0 Å². The van der Waals surface area contributed by atoms with Gasteiger partial charge in [-0.15, -0.1) is 0 Å². The summed E-state index contributed by atoms with van der Waals surface area (Å²) in [6.45, 7) is 0. The summed E-state index contributed by atoms with van der Waals surface area (Å²) in [5.41, 5.74) is 3.27. The third kappa shape index (κ3) is 3.18. The SMILES string of the molecule is CN(C)c1ccc(N=Cc2ccccc2)cc1. The molecule has 0 bridgehead atoms. The van der Waals surface area contributed by atoms with Crippen molar-refractivity contribution in [2.45, 2.75) is 0 Å². The largest absolute Gasteiger partial charge is 0.378 e. The normalized spacial score (nSPS) is 10.7. The van der Waals surface area contributed by atoms with E-state index in [1.54, 1.807) is 0 Å². The molecule has 0 aliphatic heterocycles. The molecule has 0 saturated heterocycles. The second kappa shape index (κ2) is 5.30. The minimum Gasteiger partial charge on any atom is -0.378 e. The molecule has 0 heterocycles. The second-order valence-corrected chi connectivity index (χ2v) is 4.08. The summed E-state index contributed by atoms with van der Waals surface area (Å²) in [4.78, 5) is 6.51. The fourth-order valence-corrected chi connectivity index (χ4v) is 1.53. The molecule has 2 heteroatoms. The third-order valence-corrected chi connectivity index (χ3v) is 2.53. The zero-order chi connectivity index (χ0) is 12.1. The van der Waals surface area contributed by atoms with Crippen molar-refractivity contribution in [3.63, 3.8) is 0 Å². The van der Waals surface area contributed by atoms with E-state index in [0.29, 0.717) is 0 Å². The van der Waals surface area contributed by atoms with Crippen molar-refractivity contribution in [1.82, 2.24) is 0 Å². The Morgan fingerprint density at radius 2 is 1.53 bits per heavy atom. The first kappa shape index (κ1) is 11.4. The second-order valence-electron chi connectivity index (χ2n) is 4.08. The summed E-state index contributed by atoms with van der Waals surface area (Å²) in [6.07, 6.45) is 1.88. The van der Waals surface area contributed by atoms with Crippen LogP contribution in [-0.4, -0.2) is 20.3 Å². The standard InChI is InChI=1S/C15H16N2/c1-17(2)15-10-8-14(9-11-15)16-12-13-6-4-3-5-7-13/h3-12H,1-2H3. The van der Waals surface area contributed by atoms with Gasteiger partial charge in [0.25, 0.3) is 0 Å². The third-order valence-electron chi connectivity index (χ3n) is 2.53. The monoisotopic (exact) mass is 224 g/mol. The van der Waals surface area contributed by atoms with Crippen LogP contribution in [0.2, 0.25) is 0 Å². The molecule has 0 aromatic heterocycles. The van der Waals surface area contributed by atoms with Gasteiger partial charge in [-0.25, -0.2) is 0 Å². The van der Waals surface area contributed by atoms with Crippen LogP contribution in [0.25, 0.3) is 0 Å². The van der Waals surface area contributed by atoms with E-state index in [0.717, 1.165) is 11.3 Å². The minimum absolute atomic E-state index is 0.972. The smallest absolute Gasteiger partial charge is 0.0631 e. The Kier molecular flexibility index (Phi) is 3.55. The summed E-state index contributed by atoms with van der Waals surface area (Å²) in [6, 6.07) is 18.3. The lowest BCUT2D eigenvalue weighted by molar-refractivity contribution is 1.13. The Bertz CT molecular complexity index is 484. The van der Waals surface area contributed by atoms with E-state index in [1.807, 2.05) is 62.8 Å². The number of rotatable bonds is 3. The van der Waals surface area contributed by atoms with Crippen LogP contribution < -0.4 is 4.90 Å². The molecule has 0 N–H and O–H groups in total. The van der Waals surface area contributed by atoms with Gasteiger partial charge in [0.2, 0.25) is 0 Å². The van der Waals surface area contributed by atoms with Gasteiger partial charge in [-0.2, -0.15) is 0 Å². The number of anilines is 1. The molecule has 86 valence electrons. The molecular formula is C15H16N2. The lowest BCUT2D eigenvalue weighted by Crippen LogP contribution is -2.07. The molecule has 0 aliphatic rings. The number of hydrogen-bond donors (Lipinski definition) is 0. The van der Waals surface area contributed by atoms with Crippen LogP contribution in [0.15, 0.2) is 59.6 Å². The molecule has 0 spiro atoms. The average Bonchev–Trinajstić information content (AvgIpc) is 2.38. The van der Waals surface area contributed by atoms with Gasteiger partial charge in [0.1, 0.15) is 0 Å². The van der Waals surface area contributed by atoms with Crippen molar-refractivity contribution < 1.29 is 0 Å². The van der Waals surface area contributed by atoms with Gasteiger partial charge >= 0.3 is 0 Å². The Labute approximate surface area is 102 Å². The molecule has 0 fully saturated rings. The van der Waals surface area contributed by atoms with Crippen molar-refractivity contribution in [1.29, 1.82) is 0 Å². The molecule has 0 amide bonds. The highest BCUT2D eigenvalue weighted by Gasteiger charge is 1.94. The van der Waals surface area contributed by atoms with Crippen LogP contribution in [0.4, 0.5) is 11.4 Å². The van der Waals surface area contributed by atoms with Gasteiger partial charge < -0.3 is 4.90 Å². The van der Waals surface area contributed by atoms with Crippen LogP contribution in [-0.2, 0) is 0 Å². The Hall–Kier alpha value is -2.09. The van der Waals surface area contributed by atoms with Crippen LogP contribution in [0, 0.1) is 0 Å². The predicted molar refractivity (Wildman–Crippen MR) is 74.5 cm³/mol. The first-order valence-corrected chi connectivity index (χ1v) is 5.62. The number of nitrogens with zero attached hydrogens (tertiary/aromatic N) is 2. The fourth-order valence-electron chi connectivity index (χ4n) is 1.53. The van der Waals surface area contributed by atoms with Gasteiger partial charge in [0.15, 0.2) is 0 Å². The van der Waals surface area contributed by atoms with E-state index >= 15 is 0 Å². The number of hydrogen-bond acceptors (Lipinski definition) is 2. The number of aliphatic imine (C=N–C) groups is 1. The van der Waals surface area contributed by atoms with E-state index in [-0.39, 0.29) is 0 Å². The Balaban J connectivity index is 2.12. The van der Waals surface area contributed by atoms with Gasteiger partial charge in [0, 0.05) is 26.0 Å². The van der Waals surface area contributed by atoms with E-state index in [4.69, 9.17) is 0 Å². The summed E-state index contributed by atoms with van der Waals surface area (Å²) in [7, 11) is 4.06. The highest BCUT2D eigenvalue weighted by atomic mass is 15.1. The lowest BCUT2D eigenvalue weighted by Gasteiger charge is -2.11. The van der Waals surface area contributed by atoms with Crippen molar-refractivity contribution in [3.05, 3.63) is 60.2 Å². The molecule has 2 aromatic carbocycles. The topological polar surface area (TPSA) is 15.6 Å². The van der Waals surface area contributed by atoms with Gasteiger partial charge in [0.05, 0.1) is 5.69 Å². The maximum Gasteiger partial charge on any atom is 0.0631 e. The maximum atomic E-state index is 4.43. The van der Waals surface area contributed by atoms with Crippen molar-refractivity contribution >= 4 is 17.6 Å². The first-order valence-electron chi connectivity index (χ1n) is 5.62. The summed E-state index contributed by atoms with van der Waals surface area (Å²) < 4.78 is 0. The van der Waals surface area contributed by atoms with Crippen LogP contribution in [0.5, 0.6) is 0 Å².